The molecule has 0 radical (unpaired) electrons. The van der Waals surface area contributed by atoms with Crippen LogP contribution in [0.25, 0.3) is 0 Å². The highest BCUT2D eigenvalue weighted by Crippen LogP contribution is 2.52. The third kappa shape index (κ3) is 4.34. The lowest BCUT2D eigenvalue weighted by atomic mass is 9.93. The van der Waals surface area contributed by atoms with Gasteiger partial charge in [0.1, 0.15) is 10.8 Å². The molecule has 1 N–H and O–H groups in total. The fourth-order valence-electron chi connectivity index (χ4n) is 4.93. The Morgan fingerprint density at radius 3 is 2.88 bits per heavy atom. The Balaban J connectivity index is 1.30. The van der Waals surface area contributed by atoms with E-state index in [1.54, 1.807) is 0 Å². The number of carboxylic acid groups (broad SMARTS) is 1. The van der Waals surface area contributed by atoms with Gasteiger partial charge in [0.05, 0.1) is 6.54 Å². The molecule has 1 unspecified atom stereocenters. The number of hydrogen-bond donors (Lipinski definition) is 1. The summed E-state index contributed by atoms with van der Waals surface area (Å²) in [6.07, 6.45) is 17.2. The van der Waals surface area contributed by atoms with E-state index < -0.39 is 5.97 Å². The highest BCUT2D eigenvalue weighted by atomic mass is 32.1. The van der Waals surface area contributed by atoms with Crippen LogP contribution in [0.1, 0.15) is 80.0 Å². The number of rotatable bonds is 9. The van der Waals surface area contributed by atoms with Crippen LogP contribution in [0.15, 0.2) is 40.9 Å². The molecular formula is C25H31N3O3S. The summed E-state index contributed by atoms with van der Waals surface area (Å²) in [5, 5.41) is 14.1. The van der Waals surface area contributed by atoms with E-state index in [0.29, 0.717) is 0 Å². The van der Waals surface area contributed by atoms with Crippen molar-refractivity contribution in [2.24, 2.45) is 4.99 Å². The zero-order valence-corrected chi connectivity index (χ0v) is 19.3. The molecule has 6 nitrogen and oxygen atoms in total. The zero-order chi connectivity index (χ0) is 22.1. The molecule has 1 fully saturated rings. The highest BCUT2D eigenvalue weighted by molar-refractivity contribution is 7.16. The van der Waals surface area contributed by atoms with Crippen LogP contribution in [0.2, 0.25) is 0 Å². The van der Waals surface area contributed by atoms with Crippen LogP contribution < -0.4 is 0 Å². The maximum Gasteiger partial charge on any atom is 0.303 e. The van der Waals surface area contributed by atoms with Crippen molar-refractivity contribution in [2.45, 2.75) is 76.8 Å². The standard InChI is InChI=1S/C25H31N3O3S/c1-17-12-14-18(15-13-17)16-27-25-23-19-8-6-7-9-20(19)32-24(23)26-21(28(25)31-27)10-4-2-3-5-11-22(29)30/h12,14-15,25H,1-11,13,16H2,(H,29,30). The minimum absolute atomic E-state index is 0.113. The summed E-state index contributed by atoms with van der Waals surface area (Å²) < 4.78 is 0. The van der Waals surface area contributed by atoms with Gasteiger partial charge in [-0.1, -0.05) is 43.2 Å². The Morgan fingerprint density at radius 1 is 1.22 bits per heavy atom. The van der Waals surface area contributed by atoms with Gasteiger partial charge in [-0.15, -0.1) is 16.4 Å². The molecule has 3 heterocycles. The van der Waals surface area contributed by atoms with E-state index in [1.807, 2.05) is 16.4 Å². The summed E-state index contributed by atoms with van der Waals surface area (Å²) in [5.41, 5.74) is 5.29. The molecule has 1 aromatic rings. The summed E-state index contributed by atoms with van der Waals surface area (Å²) in [4.78, 5) is 23.4. The number of aliphatic carboxylic acids is 1. The molecule has 0 saturated carbocycles. The first-order chi connectivity index (χ1) is 15.6. The molecule has 0 amide bonds. The average molecular weight is 454 g/mol. The second-order valence-electron chi connectivity index (χ2n) is 9.10. The van der Waals surface area contributed by atoms with Gasteiger partial charge in [0.25, 0.3) is 0 Å². The van der Waals surface area contributed by atoms with Crippen LogP contribution in [-0.4, -0.2) is 33.6 Å². The van der Waals surface area contributed by atoms with E-state index in [4.69, 9.17) is 15.0 Å². The lowest BCUT2D eigenvalue weighted by molar-refractivity contribution is -0.457. The Kier molecular flexibility index (Phi) is 6.31. The first-order valence-corrected chi connectivity index (χ1v) is 12.6. The number of amidine groups is 1. The van der Waals surface area contributed by atoms with Crippen LogP contribution in [0.3, 0.4) is 0 Å². The molecule has 4 aliphatic rings. The number of carboxylic acids is 1. The van der Waals surface area contributed by atoms with Crippen LogP contribution in [0, 0.1) is 0 Å². The quantitative estimate of drug-likeness (QED) is 0.465. The van der Waals surface area contributed by atoms with Gasteiger partial charge in [-0.3, -0.25) is 4.79 Å². The van der Waals surface area contributed by atoms with Gasteiger partial charge < -0.3 is 5.11 Å². The second-order valence-corrected chi connectivity index (χ2v) is 10.2. The molecule has 1 atom stereocenters. The maximum absolute atomic E-state index is 10.7. The number of fused-ring (bicyclic) bond motifs is 5. The summed E-state index contributed by atoms with van der Waals surface area (Å²) in [6.45, 7) is 4.80. The number of unbranched alkanes of at least 4 members (excludes halogenated alkanes) is 3. The van der Waals surface area contributed by atoms with Gasteiger partial charge in [-0.2, -0.15) is 10.0 Å². The van der Waals surface area contributed by atoms with Crippen molar-refractivity contribution < 1.29 is 14.8 Å². The van der Waals surface area contributed by atoms with Crippen molar-refractivity contribution in [3.05, 3.63) is 52.0 Å². The van der Waals surface area contributed by atoms with E-state index in [1.165, 1.54) is 45.8 Å². The van der Waals surface area contributed by atoms with Gasteiger partial charge in [0, 0.05) is 23.3 Å². The van der Waals surface area contributed by atoms with Crippen LogP contribution in [-0.2, 0) is 22.6 Å². The van der Waals surface area contributed by atoms with Gasteiger partial charge >= 0.3 is 5.97 Å². The van der Waals surface area contributed by atoms with Gasteiger partial charge in [-0.25, -0.2) is 4.99 Å². The van der Waals surface area contributed by atoms with Crippen molar-refractivity contribution in [3.63, 3.8) is 0 Å². The number of thiophene rings is 1. The minimum atomic E-state index is -0.708. The van der Waals surface area contributed by atoms with Crippen molar-refractivity contribution in [1.82, 2.24) is 10.1 Å². The number of carbonyl (C=O) groups is 1. The molecule has 7 heteroatoms. The molecule has 0 aromatic carbocycles. The summed E-state index contributed by atoms with van der Waals surface area (Å²) in [6, 6.07) is 0. The van der Waals surface area contributed by atoms with E-state index >= 15 is 0 Å². The Morgan fingerprint density at radius 2 is 2.06 bits per heavy atom. The molecule has 1 saturated heterocycles. The van der Waals surface area contributed by atoms with Gasteiger partial charge in [-0.05, 0) is 56.1 Å². The van der Waals surface area contributed by atoms with Crippen LogP contribution in [0.4, 0.5) is 5.00 Å². The van der Waals surface area contributed by atoms with Crippen molar-refractivity contribution in [1.29, 1.82) is 0 Å². The zero-order valence-electron chi connectivity index (χ0n) is 18.5. The molecule has 2 aliphatic heterocycles. The van der Waals surface area contributed by atoms with E-state index in [9.17, 15) is 4.79 Å². The number of hydroxylamine groups is 4. The van der Waals surface area contributed by atoms with Crippen LogP contribution in [0.5, 0.6) is 0 Å². The van der Waals surface area contributed by atoms with Crippen molar-refractivity contribution >= 4 is 28.1 Å². The Bertz CT molecular complexity index is 1010. The van der Waals surface area contributed by atoms with Gasteiger partial charge in [0.2, 0.25) is 0 Å². The number of nitrogens with zero attached hydrogens (tertiary/aromatic N) is 3. The van der Waals surface area contributed by atoms with Crippen molar-refractivity contribution in [3.8, 4) is 0 Å². The topological polar surface area (TPSA) is 65.4 Å². The van der Waals surface area contributed by atoms with Crippen LogP contribution >= 0.6 is 11.3 Å². The molecule has 2 aliphatic carbocycles. The molecular weight excluding hydrogens is 422 g/mol. The fourth-order valence-corrected chi connectivity index (χ4v) is 6.24. The third-order valence-electron chi connectivity index (χ3n) is 6.66. The minimum Gasteiger partial charge on any atom is -0.481 e. The predicted molar refractivity (Wildman–Crippen MR) is 127 cm³/mol. The smallest absolute Gasteiger partial charge is 0.303 e. The lowest BCUT2D eigenvalue weighted by Gasteiger charge is -2.51. The highest BCUT2D eigenvalue weighted by Gasteiger charge is 2.48. The molecule has 170 valence electrons. The second kappa shape index (κ2) is 9.33. The van der Waals surface area contributed by atoms with E-state index in [0.717, 1.165) is 62.9 Å². The Labute approximate surface area is 193 Å². The SMILES string of the molecule is C=C1C=CC(CN2ON3C(CCCCCCC(=O)O)=Nc4sc5c(c4C23)CCCC5)=CC1. The largest absolute Gasteiger partial charge is 0.481 e. The number of hydrogen-bond acceptors (Lipinski definition) is 6. The lowest BCUT2D eigenvalue weighted by Crippen LogP contribution is -2.59. The van der Waals surface area contributed by atoms with Gasteiger partial charge in [0.15, 0.2) is 6.17 Å². The van der Waals surface area contributed by atoms with E-state index in [2.05, 4.69) is 29.9 Å². The maximum atomic E-state index is 10.7. The number of allylic oxidation sites excluding steroid dienone is 3. The summed E-state index contributed by atoms with van der Waals surface area (Å²) in [5.74, 6) is 0.303. The number of aryl methyl sites for hydroxylation is 1. The Hall–Kier alpha value is -2.22. The average Bonchev–Trinajstić information content (AvgIpc) is 3.12. The summed E-state index contributed by atoms with van der Waals surface area (Å²) >= 11 is 1.88. The molecule has 5 rings (SSSR count). The molecule has 32 heavy (non-hydrogen) atoms. The monoisotopic (exact) mass is 453 g/mol. The number of aliphatic imine (C=N–C) groups is 1. The molecule has 0 bridgehead atoms. The van der Waals surface area contributed by atoms with E-state index in [-0.39, 0.29) is 12.6 Å². The predicted octanol–water partition coefficient (Wildman–Crippen LogP) is 6.00. The molecule has 1 aromatic heterocycles. The normalized spacial score (nSPS) is 21.9. The first kappa shape index (κ1) is 21.6. The fraction of sp³-hybridized carbons (Fsp3) is 0.520. The third-order valence-corrected chi connectivity index (χ3v) is 7.86. The summed E-state index contributed by atoms with van der Waals surface area (Å²) in [7, 11) is 0. The first-order valence-electron chi connectivity index (χ1n) is 11.8. The molecule has 0 spiro atoms. The van der Waals surface area contributed by atoms with Crippen molar-refractivity contribution in [2.75, 3.05) is 6.54 Å².